The molecule has 0 bridgehead atoms. The van der Waals surface area contributed by atoms with Crippen LogP contribution in [0.1, 0.15) is 25.8 Å². The molecule has 0 aliphatic carbocycles. The Morgan fingerprint density at radius 3 is 2.33 bits per heavy atom. The minimum Gasteiger partial charge on any atom is -0.479 e. The molecule has 82 valence electrons. The van der Waals surface area contributed by atoms with Gasteiger partial charge in [0.15, 0.2) is 6.10 Å². The number of benzene rings is 1. The Hall–Kier alpha value is -1.35. The van der Waals surface area contributed by atoms with Gasteiger partial charge in [0, 0.05) is 0 Å². The summed E-state index contributed by atoms with van der Waals surface area (Å²) in [7, 11) is 0. The van der Waals surface area contributed by atoms with E-state index in [0.29, 0.717) is 0 Å². The molecule has 0 saturated carbocycles. The summed E-state index contributed by atoms with van der Waals surface area (Å²) in [5.74, 6) is -1.17. The number of aliphatic hydroxyl groups is 1. The van der Waals surface area contributed by atoms with Crippen LogP contribution in [0.2, 0.25) is 0 Å². The zero-order chi connectivity index (χ0) is 11.5. The number of carboxylic acid groups (broad SMARTS) is 1. The van der Waals surface area contributed by atoms with Gasteiger partial charge in [-0.15, -0.1) is 0 Å². The third-order valence-electron chi connectivity index (χ3n) is 2.54. The van der Waals surface area contributed by atoms with Crippen LogP contribution in [-0.2, 0) is 10.2 Å². The maximum absolute atomic E-state index is 10.6. The highest BCUT2D eigenvalue weighted by Crippen LogP contribution is 2.28. The molecule has 0 aliphatic rings. The first-order valence-electron chi connectivity index (χ1n) is 4.90. The molecule has 1 rings (SSSR count). The quantitative estimate of drug-likeness (QED) is 0.793. The van der Waals surface area contributed by atoms with Crippen molar-refractivity contribution >= 4 is 5.97 Å². The molecule has 1 aromatic rings. The molecule has 2 N–H and O–H groups in total. The first kappa shape index (κ1) is 11.7. The number of carboxylic acids is 1. The van der Waals surface area contributed by atoms with Crippen molar-refractivity contribution in [1.82, 2.24) is 0 Å². The van der Waals surface area contributed by atoms with Crippen molar-refractivity contribution in [1.29, 1.82) is 0 Å². The summed E-state index contributed by atoms with van der Waals surface area (Å²) in [5, 5.41) is 18.0. The Kier molecular flexibility index (Phi) is 3.48. The van der Waals surface area contributed by atoms with Gasteiger partial charge in [-0.1, -0.05) is 44.2 Å². The summed E-state index contributed by atoms with van der Waals surface area (Å²) in [6, 6.07) is 9.60. The lowest BCUT2D eigenvalue weighted by Gasteiger charge is -2.26. The molecule has 0 fully saturated rings. The van der Waals surface area contributed by atoms with Gasteiger partial charge >= 0.3 is 5.97 Å². The van der Waals surface area contributed by atoms with Gasteiger partial charge in [-0.3, -0.25) is 0 Å². The molecule has 1 unspecified atom stereocenters. The molecule has 0 spiro atoms. The monoisotopic (exact) mass is 208 g/mol. The van der Waals surface area contributed by atoms with E-state index in [2.05, 4.69) is 0 Å². The number of carbonyl (C=O) groups is 1. The van der Waals surface area contributed by atoms with Gasteiger partial charge in [-0.2, -0.15) is 0 Å². The molecule has 0 saturated heterocycles. The van der Waals surface area contributed by atoms with E-state index in [9.17, 15) is 9.90 Å². The fourth-order valence-electron chi connectivity index (χ4n) is 1.58. The smallest absolute Gasteiger partial charge is 0.332 e. The second kappa shape index (κ2) is 4.45. The van der Waals surface area contributed by atoms with E-state index in [4.69, 9.17) is 5.11 Å². The van der Waals surface area contributed by atoms with E-state index < -0.39 is 12.1 Å². The Morgan fingerprint density at radius 1 is 1.33 bits per heavy atom. The molecular formula is C12H16O3. The summed E-state index contributed by atoms with van der Waals surface area (Å²) in [6.07, 6.45) is -1.09. The highest BCUT2D eigenvalue weighted by molar-refractivity contribution is 5.72. The average molecular weight is 208 g/mol. The number of aliphatic hydroxyl groups excluding tert-OH is 1. The lowest BCUT2D eigenvalue weighted by Crippen LogP contribution is -2.29. The largest absolute Gasteiger partial charge is 0.479 e. The van der Waals surface area contributed by atoms with Gasteiger partial charge in [0.1, 0.15) is 0 Å². The summed E-state index contributed by atoms with van der Waals surface area (Å²) in [6.45, 7) is 3.85. The standard InChI is InChI=1S/C12H16O3/c1-12(2,8-10(13)11(14)15)9-6-4-3-5-7-9/h3-7,10,13H,8H2,1-2H3,(H,14,15). The van der Waals surface area contributed by atoms with Gasteiger partial charge in [-0.25, -0.2) is 4.79 Å². The second-order valence-corrected chi connectivity index (χ2v) is 4.31. The predicted molar refractivity (Wildman–Crippen MR) is 57.7 cm³/mol. The molecule has 1 aromatic carbocycles. The van der Waals surface area contributed by atoms with Crippen molar-refractivity contribution in [3.8, 4) is 0 Å². The number of hydrogen-bond donors (Lipinski definition) is 2. The fourth-order valence-corrected chi connectivity index (χ4v) is 1.58. The number of hydrogen-bond acceptors (Lipinski definition) is 2. The molecule has 0 heterocycles. The van der Waals surface area contributed by atoms with Crippen molar-refractivity contribution in [2.24, 2.45) is 0 Å². The minimum atomic E-state index is -1.31. The third kappa shape index (κ3) is 3.06. The van der Waals surface area contributed by atoms with Crippen LogP contribution in [0, 0.1) is 0 Å². The highest BCUT2D eigenvalue weighted by atomic mass is 16.4. The molecule has 1 atom stereocenters. The van der Waals surface area contributed by atoms with Gasteiger partial charge in [-0.05, 0) is 17.4 Å². The summed E-state index contributed by atoms with van der Waals surface area (Å²) in [5.41, 5.74) is 0.698. The van der Waals surface area contributed by atoms with Gasteiger partial charge < -0.3 is 10.2 Å². The highest BCUT2D eigenvalue weighted by Gasteiger charge is 2.27. The summed E-state index contributed by atoms with van der Waals surface area (Å²) >= 11 is 0. The molecule has 0 aromatic heterocycles. The Bertz CT molecular complexity index is 330. The number of rotatable bonds is 4. The van der Waals surface area contributed by atoms with Crippen LogP contribution < -0.4 is 0 Å². The van der Waals surface area contributed by atoms with E-state index in [1.165, 1.54) is 0 Å². The predicted octanol–water partition coefficient (Wildman–Crippen LogP) is 1.80. The summed E-state index contributed by atoms with van der Waals surface area (Å²) in [4.78, 5) is 10.6. The molecule has 15 heavy (non-hydrogen) atoms. The zero-order valence-electron chi connectivity index (χ0n) is 8.97. The molecule has 3 nitrogen and oxygen atoms in total. The van der Waals surface area contributed by atoms with Crippen LogP contribution in [0.5, 0.6) is 0 Å². The molecule has 0 amide bonds. The first-order valence-corrected chi connectivity index (χ1v) is 4.90. The van der Waals surface area contributed by atoms with E-state index >= 15 is 0 Å². The van der Waals surface area contributed by atoms with E-state index in [1.54, 1.807) is 0 Å². The normalized spacial score (nSPS) is 13.5. The van der Waals surface area contributed by atoms with Crippen LogP contribution in [0.25, 0.3) is 0 Å². The third-order valence-corrected chi connectivity index (χ3v) is 2.54. The minimum absolute atomic E-state index is 0.215. The average Bonchev–Trinajstić information content (AvgIpc) is 2.18. The molecular weight excluding hydrogens is 192 g/mol. The molecule has 3 heteroatoms. The van der Waals surface area contributed by atoms with Crippen LogP contribution in [-0.4, -0.2) is 22.3 Å². The van der Waals surface area contributed by atoms with E-state index in [1.807, 2.05) is 44.2 Å². The van der Waals surface area contributed by atoms with E-state index in [0.717, 1.165) is 5.56 Å². The lowest BCUT2D eigenvalue weighted by atomic mass is 9.80. The first-order chi connectivity index (χ1) is 6.93. The van der Waals surface area contributed by atoms with Crippen LogP contribution in [0.4, 0.5) is 0 Å². The Morgan fingerprint density at radius 2 is 1.87 bits per heavy atom. The molecule has 0 aliphatic heterocycles. The maximum atomic E-state index is 10.6. The summed E-state index contributed by atoms with van der Waals surface area (Å²) < 4.78 is 0. The van der Waals surface area contributed by atoms with Crippen molar-refractivity contribution in [2.75, 3.05) is 0 Å². The maximum Gasteiger partial charge on any atom is 0.332 e. The van der Waals surface area contributed by atoms with Crippen LogP contribution in [0.15, 0.2) is 30.3 Å². The second-order valence-electron chi connectivity index (χ2n) is 4.31. The fraction of sp³-hybridized carbons (Fsp3) is 0.417. The van der Waals surface area contributed by atoms with Crippen molar-refractivity contribution in [3.05, 3.63) is 35.9 Å². The van der Waals surface area contributed by atoms with Crippen molar-refractivity contribution in [2.45, 2.75) is 31.8 Å². The molecule has 0 radical (unpaired) electrons. The topological polar surface area (TPSA) is 57.5 Å². The van der Waals surface area contributed by atoms with Crippen molar-refractivity contribution < 1.29 is 15.0 Å². The SMILES string of the molecule is CC(C)(CC(O)C(=O)O)c1ccccc1. The van der Waals surface area contributed by atoms with Crippen LogP contribution >= 0.6 is 0 Å². The van der Waals surface area contributed by atoms with Crippen LogP contribution in [0.3, 0.4) is 0 Å². The van der Waals surface area contributed by atoms with Gasteiger partial charge in [0.2, 0.25) is 0 Å². The zero-order valence-corrected chi connectivity index (χ0v) is 8.97. The van der Waals surface area contributed by atoms with Crippen molar-refractivity contribution in [3.63, 3.8) is 0 Å². The van der Waals surface area contributed by atoms with Gasteiger partial charge in [0.05, 0.1) is 0 Å². The number of aliphatic carboxylic acids is 1. The Labute approximate surface area is 89.4 Å². The Balaban J connectivity index is 2.80. The van der Waals surface area contributed by atoms with Gasteiger partial charge in [0.25, 0.3) is 0 Å². The van der Waals surface area contributed by atoms with E-state index in [-0.39, 0.29) is 11.8 Å². The lowest BCUT2D eigenvalue weighted by molar-refractivity contribution is -0.147.